The number of carbonyl (C=O) groups is 2. The number of hydrogen-bond acceptors (Lipinski definition) is 5. The maximum Gasteiger partial charge on any atom is 0.413 e. The van der Waals surface area contributed by atoms with Gasteiger partial charge in [-0.3, -0.25) is 14.7 Å². The minimum Gasteiger partial charge on any atom is -0.449 e. The highest BCUT2D eigenvalue weighted by atomic mass is 16.6. The standard InChI is InChI=1S/C21H24N4O3/c1-4-28-21(27)24(3)18-11-7-17(8-12-18)22-20(26)16-5-9-19(10-6-16)25-14-13-15(2)23-25/h5-12H,4,13-14H2,1-3H3,(H,22,26). The normalized spacial score (nSPS) is 13.1. The first-order valence-corrected chi connectivity index (χ1v) is 9.21. The summed E-state index contributed by atoms with van der Waals surface area (Å²) in [6.45, 7) is 4.96. The number of benzene rings is 2. The van der Waals surface area contributed by atoms with Crippen LogP contribution < -0.4 is 15.2 Å². The van der Waals surface area contributed by atoms with E-state index in [9.17, 15) is 9.59 Å². The van der Waals surface area contributed by atoms with Gasteiger partial charge in [0.05, 0.1) is 12.3 Å². The van der Waals surface area contributed by atoms with Crippen LogP contribution in [0.3, 0.4) is 0 Å². The maximum atomic E-state index is 12.5. The van der Waals surface area contributed by atoms with E-state index in [-0.39, 0.29) is 5.91 Å². The van der Waals surface area contributed by atoms with E-state index in [0.29, 0.717) is 23.5 Å². The molecule has 1 N–H and O–H groups in total. The number of nitrogens with one attached hydrogen (secondary N) is 1. The van der Waals surface area contributed by atoms with Gasteiger partial charge in [-0.15, -0.1) is 0 Å². The Morgan fingerprint density at radius 3 is 2.39 bits per heavy atom. The van der Waals surface area contributed by atoms with Crippen LogP contribution in [0.4, 0.5) is 21.9 Å². The highest BCUT2D eigenvalue weighted by molar-refractivity contribution is 6.04. The fourth-order valence-corrected chi connectivity index (χ4v) is 2.84. The molecule has 146 valence electrons. The molecule has 1 aliphatic heterocycles. The van der Waals surface area contributed by atoms with E-state index in [1.807, 2.05) is 24.1 Å². The molecular formula is C21H24N4O3. The van der Waals surface area contributed by atoms with Crippen LogP contribution in [0.15, 0.2) is 53.6 Å². The molecule has 28 heavy (non-hydrogen) atoms. The number of anilines is 3. The van der Waals surface area contributed by atoms with Crippen molar-refractivity contribution >= 4 is 34.8 Å². The summed E-state index contributed by atoms with van der Waals surface area (Å²) < 4.78 is 4.97. The number of rotatable bonds is 5. The molecule has 0 unspecified atom stereocenters. The second-order valence-corrected chi connectivity index (χ2v) is 6.51. The number of ether oxygens (including phenoxy) is 1. The lowest BCUT2D eigenvalue weighted by Crippen LogP contribution is -2.26. The van der Waals surface area contributed by atoms with Gasteiger partial charge in [-0.2, -0.15) is 5.10 Å². The molecule has 7 heteroatoms. The van der Waals surface area contributed by atoms with Crippen molar-refractivity contribution in [3.05, 3.63) is 54.1 Å². The molecule has 1 heterocycles. The van der Waals surface area contributed by atoms with E-state index in [2.05, 4.69) is 10.4 Å². The second-order valence-electron chi connectivity index (χ2n) is 6.51. The monoisotopic (exact) mass is 380 g/mol. The number of carbonyl (C=O) groups excluding carboxylic acids is 2. The predicted octanol–water partition coefficient (Wildman–Crippen LogP) is 4.12. The lowest BCUT2D eigenvalue weighted by atomic mass is 10.2. The molecular weight excluding hydrogens is 356 g/mol. The molecule has 0 aromatic heterocycles. The maximum absolute atomic E-state index is 12.5. The van der Waals surface area contributed by atoms with Crippen LogP contribution >= 0.6 is 0 Å². The van der Waals surface area contributed by atoms with E-state index in [4.69, 9.17) is 4.74 Å². The summed E-state index contributed by atoms with van der Waals surface area (Å²) in [5, 5.41) is 9.26. The van der Waals surface area contributed by atoms with Gasteiger partial charge in [0.2, 0.25) is 0 Å². The van der Waals surface area contributed by atoms with Gasteiger partial charge in [0.1, 0.15) is 0 Å². The second kappa shape index (κ2) is 8.56. The molecule has 0 fully saturated rings. The van der Waals surface area contributed by atoms with Crippen molar-refractivity contribution < 1.29 is 14.3 Å². The third-order valence-corrected chi connectivity index (χ3v) is 4.46. The molecule has 0 aliphatic carbocycles. The molecule has 0 saturated heterocycles. The number of hydrazone groups is 1. The zero-order chi connectivity index (χ0) is 20.1. The molecule has 0 spiro atoms. The van der Waals surface area contributed by atoms with E-state index in [0.717, 1.165) is 24.4 Å². The highest BCUT2D eigenvalue weighted by Gasteiger charge is 2.14. The third kappa shape index (κ3) is 4.49. The van der Waals surface area contributed by atoms with Crippen molar-refractivity contribution in [2.75, 3.05) is 35.4 Å². The minimum atomic E-state index is -0.420. The number of hydrogen-bond donors (Lipinski definition) is 1. The first-order valence-electron chi connectivity index (χ1n) is 9.21. The van der Waals surface area contributed by atoms with Crippen molar-refractivity contribution in [3.63, 3.8) is 0 Å². The number of nitrogens with zero attached hydrogens (tertiary/aromatic N) is 3. The molecule has 0 bridgehead atoms. The van der Waals surface area contributed by atoms with Crippen LogP contribution in [0.1, 0.15) is 30.6 Å². The van der Waals surface area contributed by atoms with Crippen LogP contribution in [-0.2, 0) is 4.74 Å². The summed E-state index contributed by atoms with van der Waals surface area (Å²) in [5.41, 5.74) is 3.98. The molecule has 2 aromatic carbocycles. The van der Waals surface area contributed by atoms with E-state index >= 15 is 0 Å². The molecule has 2 aromatic rings. The van der Waals surface area contributed by atoms with Gasteiger partial charge in [0.15, 0.2) is 0 Å². The first kappa shape index (κ1) is 19.4. The van der Waals surface area contributed by atoms with Crippen LogP contribution in [0, 0.1) is 0 Å². The topological polar surface area (TPSA) is 74.2 Å². The molecule has 1 aliphatic rings. The summed E-state index contributed by atoms with van der Waals surface area (Å²) in [6, 6.07) is 14.4. The zero-order valence-electron chi connectivity index (χ0n) is 16.3. The molecule has 2 amide bonds. The number of amides is 2. The minimum absolute atomic E-state index is 0.195. The van der Waals surface area contributed by atoms with Crippen molar-refractivity contribution in [1.29, 1.82) is 0 Å². The zero-order valence-corrected chi connectivity index (χ0v) is 16.3. The van der Waals surface area contributed by atoms with Gasteiger partial charge in [-0.1, -0.05) is 0 Å². The summed E-state index contributed by atoms with van der Waals surface area (Å²) in [5.74, 6) is -0.195. The van der Waals surface area contributed by atoms with Crippen molar-refractivity contribution in [1.82, 2.24) is 0 Å². The SMILES string of the molecule is CCOC(=O)N(C)c1ccc(NC(=O)c2ccc(N3CCC(C)=N3)cc2)cc1. The Hall–Kier alpha value is -3.35. The van der Waals surface area contributed by atoms with Gasteiger partial charge in [-0.05, 0) is 62.4 Å². The van der Waals surface area contributed by atoms with E-state index in [1.54, 1.807) is 50.4 Å². The largest absolute Gasteiger partial charge is 0.449 e. The lowest BCUT2D eigenvalue weighted by molar-refractivity contribution is 0.102. The summed E-state index contributed by atoms with van der Waals surface area (Å²) >= 11 is 0. The van der Waals surface area contributed by atoms with Gasteiger partial charge in [0, 0.05) is 42.7 Å². The quantitative estimate of drug-likeness (QED) is 0.847. The highest BCUT2D eigenvalue weighted by Crippen LogP contribution is 2.21. The van der Waals surface area contributed by atoms with E-state index < -0.39 is 6.09 Å². The molecule has 3 rings (SSSR count). The fraction of sp³-hybridized carbons (Fsp3) is 0.286. The van der Waals surface area contributed by atoms with Crippen molar-refractivity contribution in [3.8, 4) is 0 Å². The molecule has 0 radical (unpaired) electrons. The van der Waals surface area contributed by atoms with Crippen LogP contribution in [0.25, 0.3) is 0 Å². The van der Waals surface area contributed by atoms with Gasteiger partial charge < -0.3 is 10.1 Å². The Bertz CT molecular complexity index is 876. The molecule has 0 atom stereocenters. The Morgan fingerprint density at radius 1 is 1.14 bits per heavy atom. The Labute approximate surface area is 164 Å². The first-order chi connectivity index (χ1) is 13.5. The average Bonchev–Trinajstić information content (AvgIpc) is 3.14. The summed E-state index contributed by atoms with van der Waals surface area (Å²) in [4.78, 5) is 25.6. The summed E-state index contributed by atoms with van der Waals surface area (Å²) in [6.07, 6.45) is 0.542. The van der Waals surface area contributed by atoms with Gasteiger partial charge in [-0.25, -0.2) is 4.79 Å². The van der Waals surface area contributed by atoms with Crippen LogP contribution in [0.2, 0.25) is 0 Å². The predicted molar refractivity (Wildman–Crippen MR) is 111 cm³/mol. The Kier molecular flexibility index (Phi) is 5.93. The third-order valence-electron chi connectivity index (χ3n) is 4.46. The smallest absolute Gasteiger partial charge is 0.413 e. The molecule has 7 nitrogen and oxygen atoms in total. The lowest BCUT2D eigenvalue weighted by Gasteiger charge is -2.17. The van der Waals surface area contributed by atoms with Crippen molar-refractivity contribution in [2.45, 2.75) is 20.3 Å². The summed E-state index contributed by atoms with van der Waals surface area (Å²) in [7, 11) is 1.64. The van der Waals surface area contributed by atoms with Gasteiger partial charge in [0.25, 0.3) is 5.91 Å². The molecule has 0 saturated carbocycles. The Balaban J connectivity index is 1.62. The van der Waals surface area contributed by atoms with E-state index in [1.165, 1.54) is 4.90 Å². The van der Waals surface area contributed by atoms with Crippen molar-refractivity contribution in [2.24, 2.45) is 5.10 Å². The average molecular weight is 380 g/mol. The van der Waals surface area contributed by atoms with Crippen LogP contribution in [0.5, 0.6) is 0 Å². The Morgan fingerprint density at radius 2 is 1.82 bits per heavy atom. The van der Waals surface area contributed by atoms with Crippen LogP contribution in [-0.4, -0.2) is 37.9 Å². The fourth-order valence-electron chi connectivity index (χ4n) is 2.84. The van der Waals surface area contributed by atoms with Gasteiger partial charge >= 0.3 is 6.09 Å².